The van der Waals surface area contributed by atoms with Crippen molar-refractivity contribution in [2.45, 2.75) is 24.1 Å². The van der Waals surface area contributed by atoms with Gasteiger partial charge in [0.1, 0.15) is 0 Å². The fourth-order valence-corrected chi connectivity index (χ4v) is 5.03. The second-order valence-electron chi connectivity index (χ2n) is 7.22. The van der Waals surface area contributed by atoms with Gasteiger partial charge in [-0.2, -0.15) is 22.7 Å². The van der Waals surface area contributed by atoms with E-state index in [9.17, 15) is 18.3 Å². The van der Waals surface area contributed by atoms with Crippen molar-refractivity contribution < 1.29 is 18.3 Å². The zero-order chi connectivity index (χ0) is 21.8. The number of carbonyl (C=O) groups excluding carboxylic acids is 1. The van der Waals surface area contributed by atoms with Gasteiger partial charge in [-0.25, -0.2) is 0 Å². The van der Waals surface area contributed by atoms with E-state index in [0.717, 1.165) is 9.47 Å². The Balaban J connectivity index is 1.37. The maximum absolute atomic E-state index is 13.0. The molecule has 0 bridgehead atoms. The summed E-state index contributed by atoms with van der Waals surface area (Å²) < 4.78 is 26.9. The number of aromatic amines is 1. The minimum Gasteiger partial charge on any atom is -0.378 e. The number of benzene rings is 2. The molecule has 1 amide bonds. The van der Waals surface area contributed by atoms with Crippen LogP contribution in [0.25, 0.3) is 10.9 Å². The number of nitrogens with one attached hydrogen (secondary N) is 1. The molecule has 5 rings (SSSR count). The summed E-state index contributed by atoms with van der Waals surface area (Å²) in [5.74, 6) is -0.523. The van der Waals surface area contributed by atoms with E-state index in [1.807, 2.05) is 0 Å². The summed E-state index contributed by atoms with van der Waals surface area (Å²) in [5, 5.41) is 22.4. The normalized spacial score (nSPS) is 14.7. The van der Waals surface area contributed by atoms with Crippen LogP contribution in [0, 0.1) is 0 Å². The third-order valence-corrected chi connectivity index (χ3v) is 7.13. The zero-order valence-corrected chi connectivity index (χ0v) is 17.5. The molecule has 0 fully saturated rings. The highest BCUT2D eigenvalue weighted by Gasteiger charge is 2.33. The molecule has 0 saturated heterocycles. The number of hydrogen-bond acceptors (Lipinski definition) is 6. The van der Waals surface area contributed by atoms with Crippen LogP contribution in [0.3, 0.4) is 0 Å². The molecule has 9 nitrogen and oxygen atoms in total. The Hall–Kier alpha value is -3.21. The summed E-state index contributed by atoms with van der Waals surface area (Å²) in [6, 6.07) is 11.2. The molecule has 2 N–H and O–H groups in total. The van der Waals surface area contributed by atoms with Gasteiger partial charge in [-0.15, -0.1) is 0 Å². The molecule has 2 aromatic heterocycles. The number of aliphatic hydroxyl groups is 1. The van der Waals surface area contributed by atoms with Crippen LogP contribution in [-0.4, -0.2) is 43.7 Å². The second-order valence-corrected chi connectivity index (χ2v) is 9.42. The fraction of sp³-hybridized carbons (Fsp3) is 0.150. The molecule has 1 aliphatic heterocycles. The van der Waals surface area contributed by atoms with Crippen molar-refractivity contribution in [3.8, 4) is 0 Å². The molecule has 1 aliphatic rings. The SMILES string of the molecule is O=C(C(O)c1ccccc1Cl)N1Cc2cn(S(=O)(=O)c3ccc4cn[nH]c4c3)nc2C1. The van der Waals surface area contributed by atoms with E-state index in [2.05, 4.69) is 15.3 Å². The molecule has 0 radical (unpaired) electrons. The predicted molar refractivity (Wildman–Crippen MR) is 112 cm³/mol. The highest BCUT2D eigenvalue weighted by Crippen LogP contribution is 2.29. The van der Waals surface area contributed by atoms with E-state index < -0.39 is 22.0 Å². The van der Waals surface area contributed by atoms with Crippen LogP contribution in [0.2, 0.25) is 5.02 Å². The van der Waals surface area contributed by atoms with Gasteiger partial charge in [0.05, 0.1) is 28.8 Å². The second kappa shape index (κ2) is 7.19. The topological polar surface area (TPSA) is 121 Å². The number of H-pyrrole nitrogens is 1. The molecule has 31 heavy (non-hydrogen) atoms. The molecular weight excluding hydrogens is 442 g/mol. The molecule has 11 heteroatoms. The molecular formula is C20H16ClN5O4S. The number of nitrogens with zero attached hydrogens (tertiary/aromatic N) is 4. The van der Waals surface area contributed by atoms with Crippen molar-refractivity contribution in [3.05, 3.63) is 76.7 Å². The van der Waals surface area contributed by atoms with E-state index in [-0.39, 0.29) is 18.0 Å². The van der Waals surface area contributed by atoms with Crippen molar-refractivity contribution in [1.29, 1.82) is 0 Å². The Kier molecular flexibility index (Phi) is 4.58. The number of carbonyl (C=O) groups is 1. The van der Waals surface area contributed by atoms with Gasteiger partial charge in [-0.3, -0.25) is 9.89 Å². The highest BCUT2D eigenvalue weighted by atomic mass is 35.5. The van der Waals surface area contributed by atoms with E-state index in [1.54, 1.807) is 36.5 Å². The average molecular weight is 458 g/mol. The van der Waals surface area contributed by atoms with Crippen molar-refractivity contribution in [2.24, 2.45) is 0 Å². The summed E-state index contributed by atoms with van der Waals surface area (Å²) in [7, 11) is -3.90. The number of fused-ring (bicyclic) bond motifs is 2. The lowest BCUT2D eigenvalue weighted by molar-refractivity contribution is -0.141. The number of halogens is 1. The number of aliphatic hydroxyl groups excluding tert-OH is 1. The maximum Gasteiger partial charge on any atom is 0.283 e. The Morgan fingerprint density at radius 1 is 1.19 bits per heavy atom. The first-order valence-electron chi connectivity index (χ1n) is 9.32. The summed E-state index contributed by atoms with van der Waals surface area (Å²) >= 11 is 6.08. The Labute approximate surface area is 181 Å². The number of hydrogen-bond donors (Lipinski definition) is 2. The quantitative estimate of drug-likeness (QED) is 0.484. The van der Waals surface area contributed by atoms with Gasteiger partial charge in [-0.05, 0) is 24.3 Å². The summed E-state index contributed by atoms with van der Waals surface area (Å²) in [5.41, 5.74) is 1.99. The number of amides is 1. The van der Waals surface area contributed by atoms with Crippen LogP contribution in [-0.2, 0) is 27.9 Å². The first-order chi connectivity index (χ1) is 14.8. The molecule has 3 heterocycles. The predicted octanol–water partition coefficient (Wildman–Crippen LogP) is 2.23. The Morgan fingerprint density at radius 2 is 2.00 bits per heavy atom. The Bertz CT molecular complexity index is 1400. The fourth-order valence-electron chi connectivity index (χ4n) is 3.59. The van der Waals surface area contributed by atoms with Crippen LogP contribution in [0.4, 0.5) is 0 Å². The smallest absolute Gasteiger partial charge is 0.283 e. The van der Waals surface area contributed by atoms with Crippen LogP contribution < -0.4 is 0 Å². The Morgan fingerprint density at radius 3 is 2.77 bits per heavy atom. The molecule has 2 aromatic carbocycles. The summed E-state index contributed by atoms with van der Waals surface area (Å²) in [6.07, 6.45) is 1.60. The molecule has 158 valence electrons. The third kappa shape index (κ3) is 3.29. The van der Waals surface area contributed by atoms with Crippen LogP contribution in [0.15, 0.2) is 59.8 Å². The van der Waals surface area contributed by atoms with E-state index in [0.29, 0.717) is 27.4 Å². The van der Waals surface area contributed by atoms with Crippen molar-refractivity contribution in [3.63, 3.8) is 0 Å². The number of rotatable bonds is 4. The van der Waals surface area contributed by atoms with Gasteiger partial charge in [-0.1, -0.05) is 29.8 Å². The molecule has 0 aliphatic carbocycles. The lowest BCUT2D eigenvalue weighted by atomic mass is 10.1. The maximum atomic E-state index is 13.0. The molecule has 1 atom stereocenters. The lowest BCUT2D eigenvalue weighted by Crippen LogP contribution is -2.31. The van der Waals surface area contributed by atoms with E-state index in [1.165, 1.54) is 23.2 Å². The molecule has 4 aromatic rings. The van der Waals surface area contributed by atoms with E-state index in [4.69, 9.17) is 11.6 Å². The van der Waals surface area contributed by atoms with Gasteiger partial charge in [0.15, 0.2) is 6.10 Å². The lowest BCUT2D eigenvalue weighted by Gasteiger charge is -2.20. The van der Waals surface area contributed by atoms with Gasteiger partial charge >= 0.3 is 0 Å². The van der Waals surface area contributed by atoms with Gasteiger partial charge in [0.2, 0.25) is 0 Å². The monoisotopic (exact) mass is 457 g/mol. The van der Waals surface area contributed by atoms with Crippen LogP contribution in [0.5, 0.6) is 0 Å². The van der Waals surface area contributed by atoms with Crippen LogP contribution in [0.1, 0.15) is 22.9 Å². The summed E-state index contributed by atoms with van der Waals surface area (Å²) in [4.78, 5) is 14.2. The number of aromatic nitrogens is 4. The first kappa shape index (κ1) is 19.7. The minimum absolute atomic E-state index is 0.0764. The first-order valence-corrected chi connectivity index (χ1v) is 11.1. The van der Waals surface area contributed by atoms with Crippen LogP contribution >= 0.6 is 11.6 Å². The van der Waals surface area contributed by atoms with Gasteiger partial charge in [0, 0.05) is 34.3 Å². The minimum atomic E-state index is -3.90. The van der Waals surface area contributed by atoms with E-state index >= 15 is 0 Å². The molecule has 1 unspecified atom stereocenters. The van der Waals surface area contributed by atoms with Gasteiger partial charge in [0.25, 0.3) is 15.9 Å². The largest absolute Gasteiger partial charge is 0.378 e. The van der Waals surface area contributed by atoms with Crippen molar-refractivity contribution in [2.75, 3.05) is 0 Å². The molecule has 0 spiro atoms. The standard InChI is InChI=1S/C20H16ClN5O4S/c21-16-4-2-1-3-15(16)19(27)20(28)25-9-13-10-26(24-18(13)11-25)31(29,30)14-6-5-12-8-22-23-17(12)7-14/h1-8,10,19,27H,9,11H2,(H,22,23). The van der Waals surface area contributed by atoms with Crippen molar-refractivity contribution >= 4 is 38.4 Å². The third-order valence-electron chi connectivity index (χ3n) is 5.26. The zero-order valence-electron chi connectivity index (χ0n) is 15.9. The van der Waals surface area contributed by atoms with Gasteiger partial charge < -0.3 is 10.0 Å². The molecule has 0 saturated carbocycles. The van der Waals surface area contributed by atoms with Crippen molar-refractivity contribution in [1.82, 2.24) is 24.3 Å². The average Bonchev–Trinajstić information content (AvgIpc) is 3.47. The summed E-state index contributed by atoms with van der Waals surface area (Å²) in [6.45, 7) is 0.239. The highest BCUT2D eigenvalue weighted by molar-refractivity contribution is 7.89.